The molecule has 6 nitrogen and oxygen atoms in total. The number of amides is 1. The molecule has 1 spiro atoms. The van der Waals surface area contributed by atoms with Crippen LogP contribution in [0.1, 0.15) is 36.8 Å². The molecule has 0 aliphatic carbocycles. The second kappa shape index (κ2) is 4.59. The van der Waals surface area contributed by atoms with E-state index in [1.165, 1.54) is 0 Å². The van der Waals surface area contributed by atoms with Crippen molar-refractivity contribution in [2.45, 2.75) is 31.8 Å². The molecule has 1 aromatic heterocycles. The predicted molar refractivity (Wildman–Crippen MR) is 68.6 cm³/mol. The Kier molecular flexibility index (Phi) is 3.05. The Morgan fingerprint density at radius 1 is 1.63 bits per heavy atom. The number of carbonyl (C=O) groups excluding carboxylic acids is 1. The molecule has 2 fully saturated rings. The Bertz CT molecular complexity index is 487. The van der Waals surface area contributed by atoms with Crippen LogP contribution in [0.5, 0.6) is 0 Å². The van der Waals surface area contributed by atoms with E-state index in [9.17, 15) is 4.79 Å². The summed E-state index contributed by atoms with van der Waals surface area (Å²) in [4.78, 5) is 18.1. The van der Waals surface area contributed by atoms with E-state index < -0.39 is 0 Å². The summed E-state index contributed by atoms with van der Waals surface area (Å²) in [6.07, 6.45) is 4.71. The number of ether oxygens (including phenoxy) is 1. The molecule has 0 bridgehead atoms. The van der Waals surface area contributed by atoms with Gasteiger partial charge in [-0.25, -0.2) is 4.98 Å². The zero-order chi connectivity index (χ0) is 13.5. The Morgan fingerprint density at radius 2 is 2.47 bits per heavy atom. The van der Waals surface area contributed by atoms with Gasteiger partial charge in [0.2, 0.25) is 5.82 Å². The van der Waals surface area contributed by atoms with Gasteiger partial charge in [-0.05, 0) is 18.8 Å². The number of likely N-dealkylation sites (tertiary alicyclic amines) is 1. The monoisotopic (exact) mass is 264 g/mol. The van der Waals surface area contributed by atoms with Crippen molar-refractivity contribution >= 4 is 5.91 Å². The third-order valence-electron chi connectivity index (χ3n) is 4.26. The van der Waals surface area contributed by atoms with Crippen molar-refractivity contribution in [1.29, 1.82) is 0 Å². The third kappa shape index (κ3) is 2.25. The molecule has 3 rings (SSSR count). The number of aromatic nitrogens is 3. The van der Waals surface area contributed by atoms with Crippen LogP contribution in [0, 0.1) is 5.92 Å². The summed E-state index contributed by atoms with van der Waals surface area (Å²) in [6, 6.07) is 0. The van der Waals surface area contributed by atoms with Crippen LogP contribution in [-0.2, 0) is 11.8 Å². The summed E-state index contributed by atoms with van der Waals surface area (Å²) < 4.78 is 7.54. The summed E-state index contributed by atoms with van der Waals surface area (Å²) in [5, 5.41) is 4.07. The van der Waals surface area contributed by atoms with E-state index in [0.29, 0.717) is 12.5 Å². The fraction of sp³-hybridized carbons (Fsp3) is 0.769. The molecule has 0 saturated carbocycles. The molecule has 104 valence electrons. The minimum atomic E-state index is -0.106. The predicted octanol–water partition coefficient (Wildman–Crippen LogP) is 0.846. The van der Waals surface area contributed by atoms with Gasteiger partial charge in [0, 0.05) is 13.6 Å². The molecule has 0 N–H and O–H groups in total. The van der Waals surface area contributed by atoms with Crippen LogP contribution in [0.2, 0.25) is 0 Å². The SMILES string of the molecule is CCC1COC2(CCN(C(=O)c3ncn(C)n3)C2)C1. The standard InChI is InChI=1S/C13H20N4O2/c1-3-10-6-13(19-7-10)4-5-17(8-13)12(18)11-14-9-16(2)15-11/h9-10H,3-8H2,1-2H3. The number of aryl methyl sites for hydroxylation is 1. The van der Waals surface area contributed by atoms with E-state index >= 15 is 0 Å². The summed E-state index contributed by atoms with van der Waals surface area (Å²) in [6.45, 7) is 4.46. The quantitative estimate of drug-likeness (QED) is 0.794. The van der Waals surface area contributed by atoms with Gasteiger partial charge >= 0.3 is 0 Å². The highest BCUT2D eigenvalue weighted by Crippen LogP contribution is 2.39. The highest BCUT2D eigenvalue weighted by molar-refractivity contribution is 5.90. The number of carbonyl (C=O) groups is 1. The zero-order valence-electron chi connectivity index (χ0n) is 11.5. The second-order valence-corrected chi connectivity index (χ2v) is 5.69. The van der Waals surface area contributed by atoms with Crippen LogP contribution in [0.25, 0.3) is 0 Å². The van der Waals surface area contributed by atoms with Gasteiger partial charge in [-0.1, -0.05) is 13.3 Å². The van der Waals surface area contributed by atoms with Crippen molar-refractivity contribution < 1.29 is 9.53 Å². The van der Waals surface area contributed by atoms with Gasteiger partial charge in [-0.2, -0.15) is 0 Å². The average Bonchev–Trinajstić information content (AvgIpc) is 3.11. The molecule has 3 heterocycles. The molecular formula is C13H20N4O2. The average molecular weight is 264 g/mol. The van der Waals surface area contributed by atoms with Crippen LogP contribution >= 0.6 is 0 Å². The molecule has 0 aromatic carbocycles. The molecule has 6 heteroatoms. The molecule has 1 amide bonds. The van der Waals surface area contributed by atoms with Gasteiger partial charge in [-0.15, -0.1) is 5.10 Å². The lowest BCUT2D eigenvalue weighted by molar-refractivity contribution is 0.0115. The van der Waals surface area contributed by atoms with Crippen molar-refractivity contribution in [2.24, 2.45) is 13.0 Å². The van der Waals surface area contributed by atoms with Crippen molar-refractivity contribution in [3.8, 4) is 0 Å². The Morgan fingerprint density at radius 3 is 3.11 bits per heavy atom. The topological polar surface area (TPSA) is 60.2 Å². The zero-order valence-corrected chi connectivity index (χ0v) is 11.5. The van der Waals surface area contributed by atoms with Gasteiger partial charge < -0.3 is 9.64 Å². The Labute approximate surface area is 112 Å². The lowest BCUT2D eigenvalue weighted by Crippen LogP contribution is -2.36. The number of hydrogen-bond acceptors (Lipinski definition) is 4. The van der Waals surface area contributed by atoms with Gasteiger partial charge in [0.05, 0.1) is 18.8 Å². The summed E-state index contributed by atoms with van der Waals surface area (Å²) in [5.41, 5.74) is -0.106. The van der Waals surface area contributed by atoms with E-state index in [-0.39, 0.29) is 17.3 Å². The minimum Gasteiger partial charge on any atom is -0.373 e. The van der Waals surface area contributed by atoms with E-state index in [1.807, 2.05) is 4.90 Å². The smallest absolute Gasteiger partial charge is 0.293 e. The van der Waals surface area contributed by atoms with E-state index in [2.05, 4.69) is 17.0 Å². The fourth-order valence-corrected chi connectivity index (χ4v) is 3.08. The van der Waals surface area contributed by atoms with Gasteiger partial charge in [0.1, 0.15) is 6.33 Å². The lowest BCUT2D eigenvalue weighted by Gasteiger charge is -2.22. The van der Waals surface area contributed by atoms with Crippen molar-refractivity contribution in [3.63, 3.8) is 0 Å². The minimum absolute atomic E-state index is 0.0824. The molecule has 2 aliphatic heterocycles. The maximum Gasteiger partial charge on any atom is 0.293 e. The first-order valence-corrected chi connectivity index (χ1v) is 6.91. The van der Waals surface area contributed by atoms with Crippen LogP contribution in [0.3, 0.4) is 0 Å². The third-order valence-corrected chi connectivity index (χ3v) is 4.26. The molecule has 2 atom stereocenters. The first-order valence-electron chi connectivity index (χ1n) is 6.91. The number of hydrogen-bond donors (Lipinski definition) is 0. The Hall–Kier alpha value is -1.43. The highest BCUT2D eigenvalue weighted by Gasteiger charge is 2.46. The van der Waals surface area contributed by atoms with Gasteiger partial charge in [-0.3, -0.25) is 9.48 Å². The van der Waals surface area contributed by atoms with E-state index in [1.54, 1.807) is 18.1 Å². The van der Waals surface area contributed by atoms with Gasteiger partial charge in [0.15, 0.2) is 0 Å². The number of rotatable bonds is 2. The summed E-state index contributed by atoms with van der Waals surface area (Å²) >= 11 is 0. The van der Waals surface area contributed by atoms with E-state index in [0.717, 1.165) is 32.4 Å². The van der Waals surface area contributed by atoms with Crippen LogP contribution in [0.15, 0.2) is 6.33 Å². The normalized spacial score (nSPS) is 30.4. The molecular weight excluding hydrogens is 244 g/mol. The van der Waals surface area contributed by atoms with Crippen molar-refractivity contribution in [2.75, 3.05) is 19.7 Å². The van der Waals surface area contributed by atoms with Crippen molar-refractivity contribution in [1.82, 2.24) is 19.7 Å². The molecule has 1 aromatic rings. The molecule has 2 aliphatic rings. The summed E-state index contributed by atoms with van der Waals surface area (Å²) in [5.74, 6) is 0.841. The van der Waals surface area contributed by atoms with Crippen molar-refractivity contribution in [3.05, 3.63) is 12.2 Å². The van der Waals surface area contributed by atoms with Gasteiger partial charge in [0.25, 0.3) is 5.91 Å². The van der Waals surface area contributed by atoms with E-state index in [4.69, 9.17) is 4.74 Å². The van der Waals surface area contributed by atoms with Crippen LogP contribution < -0.4 is 0 Å². The Balaban J connectivity index is 1.68. The summed E-state index contributed by atoms with van der Waals surface area (Å²) in [7, 11) is 1.77. The lowest BCUT2D eigenvalue weighted by atomic mass is 9.92. The van der Waals surface area contributed by atoms with Crippen LogP contribution in [-0.4, -0.2) is 50.9 Å². The molecule has 0 radical (unpaired) electrons. The fourth-order valence-electron chi connectivity index (χ4n) is 3.08. The second-order valence-electron chi connectivity index (χ2n) is 5.69. The number of nitrogens with zero attached hydrogens (tertiary/aromatic N) is 4. The first kappa shape index (κ1) is 12.6. The molecule has 2 unspecified atom stereocenters. The maximum atomic E-state index is 12.3. The van der Waals surface area contributed by atoms with Crippen LogP contribution in [0.4, 0.5) is 0 Å². The highest BCUT2D eigenvalue weighted by atomic mass is 16.5. The largest absolute Gasteiger partial charge is 0.373 e. The first-order chi connectivity index (χ1) is 9.12. The molecule has 19 heavy (non-hydrogen) atoms. The molecule has 2 saturated heterocycles. The maximum absolute atomic E-state index is 12.3.